The number of pyridine rings is 1. The van der Waals surface area contributed by atoms with Gasteiger partial charge < -0.3 is 9.84 Å². The van der Waals surface area contributed by atoms with Crippen LogP contribution in [0.25, 0.3) is 0 Å². The average Bonchev–Trinajstić information content (AvgIpc) is 2.24. The lowest BCUT2D eigenvalue weighted by Crippen LogP contribution is -2.06. The van der Waals surface area contributed by atoms with E-state index in [1.54, 1.807) is 0 Å². The second kappa shape index (κ2) is 5.20. The Labute approximate surface area is 98.4 Å². The van der Waals surface area contributed by atoms with Crippen molar-refractivity contribution >= 4 is 21.9 Å². The van der Waals surface area contributed by atoms with Crippen molar-refractivity contribution in [2.75, 3.05) is 7.11 Å². The molecule has 1 aromatic heterocycles. The number of carbonyl (C=O) groups excluding carboxylic acids is 1. The van der Waals surface area contributed by atoms with Crippen LogP contribution in [0.2, 0.25) is 0 Å². The second-order valence-corrected chi connectivity index (χ2v) is 3.68. The smallest absolute Gasteiger partial charge is 0.310 e. The maximum atomic E-state index is 12.3. The van der Waals surface area contributed by atoms with Gasteiger partial charge in [-0.15, -0.1) is 0 Å². The van der Waals surface area contributed by atoms with E-state index >= 15 is 0 Å². The van der Waals surface area contributed by atoms with E-state index in [1.807, 2.05) is 0 Å². The van der Waals surface area contributed by atoms with Crippen LogP contribution in [0.3, 0.4) is 0 Å². The molecule has 0 aliphatic heterocycles. The molecular weight excluding hydrogens is 288 g/mol. The minimum atomic E-state index is -2.87. The minimum Gasteiger partial charge on any atom is -0.505 e. The highest BCUT2D eigenvalue weighted by Crippen LogP contribution is 2.35. The monoisotopic (exact) mass is 295 g/mol. The van der Waals surface area contributed by atoms with Crippen molar-refractivity contribution in [2.24, 2.45) is 0 Å². The lowest BCUT2D eigenvalue weighted by atomic mass is 10.2. The third-order valence-electron chi connectivity index (χ3n) is 1.86. The number of esters is 1. The summed E-state index contributed by atoms with van der Waals surface area (Å²) >= 11 is 2.93. The molecule has 0 radical (unpaired) electrons. The van der Waals surface area contributed by atoms with E-state index in [9.17, 15) is 18.7 Å². The first kappa shape index (κ1) is 12.8. The lowest BCUT2D eigenvalue weighted by Gasteiger charge is -2.08. The van der Waals surface area contributed by atoms with E-state index in [0.717, 1.165) is 6.20 Å². The molecule has 4 nitrogen and oxygen atoms in total. The predicted molar refractivity (Wildman–Crippen MR) is 54.3 cm³/mol. The summed E-state index contributed by atoms with van der Waals surface area (Å²) in [6.07, 6.45) is -1.92. The van der Waals surface area contributed by atoms with Gasteiger partial charge in [0, 0.05) is 6.20 Å². The quantitative estimate of drug-likeness (QED) is 0.869. The summed E-state index contributed by atoms with van der Waals surface area (Å²) in [4.78, 5) is 14.4. The lowest BCUT2D eigenvalue weighted by molar-refractivity contribution is -0.139. The summed E-state index contributed by atoms with van der Waals surface area (Å²) in [5.74, 6) is -1.21. The molecule has 0 amide bonds. The van der Waals surface area contributed by atoms with Crippen molar-refractivity contribution in [3.8, 4) is 5.75 Å². The Balaban J connectivity index is 3.07. The molecule has 0 saturated carbocycles. The summed E-state index contributed by atoms with van der Waals surface area (Å²) in [5, 5.41) is 9.39. The van der Waals surface area contributed by atoms with E-state index in [1.165, 1.54) is 7.11 Å². The van der Waals surface area contributed by atoms with Crippen LogP contribution in [-0.4, -0.2) is 23.2 Å². The number of carbonyl (C=O) groups is 1. The van der Waals surface area contributed by atoms with Gasteiger partial charge in [0.2, 0.25) is 0 Å². The Bertz CT molecular complexity index is 412. The number of halogens is 3. The fourth-order valence-electron chi connectivity index (χ4n) is 1.04. The number of aromatic hydroxyl groups is 1. The van der Waals surface area contributed by atoms with E-state index in [4.69, 9.17) is 0 Å². The zero-order chi connectivity index (χ0) is 12.3. The topological polar surface area (TPSA) is 59.4 Å². The summed E-state index contributed by atoms with van der Waals surface area (Å²) in [6, 6.07) is 0. The standard InChI is InChI=1S/C9H8BrF2NO3/c1-16-5(14)2-4-3-13-7(9(11)12)8(15)6(4)10/h3,9,15H,2H2,1H3. The Morgan fingerprint density at radius 3 is 2.81 bits per heavy atom. The third-order valence-corrected chi connectivity index (χ3v) is 2.75. The van der Waals surface area contributed by atoms with Gasteiger partial charge in [0.15, 0.2) is 5.75 Å². The summed E-state index contributed by atoms with van der Waals surface area (Å²) in [6.45, 7) is 0. The Morgan fingerprint density at radius 2 is 2.31 bits per heavy atom. The van der Waals surface area contributed by atoms with Gasteiger partial charge >= 0.3 is 5.97 Å². The van der Waals surface area contributed by atoms with Crippen LogP contribution < -0.4 is 0 Å². The van der Waals surface area contributed by atoms with Gasteiger partial charge in [-0.25, -0.2) is 8.78 Å². The third kappa shape index (κ3) is 2.66. The number of hydrogen-bond acceptors (Lipinski definition) is 4. The van der Waals surface area contributed by atoms with E-state index in [2.05, 4.69) is 25.7 Å². The fourth-order valence-corrected chi connectivity index (χ4v) is 1.49. The first-order valence-corrected chi connectivity index (χ1v) is 4.97. The molecule has 0 unspecified atom stereocenters. The largest absolute Gasteiger partial charge is 0.505 e. The van der Waals surface area contributed by atoms with Gasteiger partial charge in [-0.05, 0) is 21.5 Å². The van der Waals surface area contributed by atoms with Crippen molar-refractivity contribution in [3.05, 3.63) is 21.9 Å². The SMILES string of the molecule is COC(=O)Cc1cnc(C(F)F)c(O)c1Br. The van der Waals surface area contributed by atoms with E-state index in [-0.39, 0.29) is 16.5 Å². The highest BCUT2D eigenvalue weighted by Gasteiger charge is 2.20. The van der Waals surface area contributed by atoms with Gasteiger partial charge in [-0.2, -0.15) is 0 Å². The molecule has 0 atom stereocenters. The maximum Gasteiger partial charge on any atom is 0.310 e. The molecule has 88 valence electrons. The molecule has 7 heteroatoms. The predicted octanol–water partition coefficient (Wildman–Crippen LogP) is 2.20. The molecular formula is C9H8BrF2NO3. The Morgan fingerprint density at radius 1 is 1.69 bits per heavy atom. The number of aromatic nitrogens is 1. The van der Waals surface area contributed by atoms with Crippen LogP contribution >= 0.6 is 15.9 Å². The second-order valence-electron chi connectivity index (χ2n) is 2.88. The fraction of sp³-hybridized carbons (Fsp3) is 0.333. The molecule has 0 fully saturated rings. The molecule has 1 aromatic rings. The molecule has 0 aliphatic carbocycles. The van der Waals surface area contributed by atoms with Crippen LogP contribution in [0.5, 0.6) is 5.75 Å². The number of methoxy groups -OCH3 is 1. The molecule has 0 spiro atoms. The molecule has 0 aromatic carbocycles. The molecule has 0 bridgehead atoms. The van der Waals surface area contributed by atoms with Crippen molar-refractivity contribution < 1.29 is 23.4 Å². The van der Waals surface area contributed by atoms with Crippen LogP contribution in [0.15, 0.2) is 10.7 Å². The zero-order valence-electron chi connectivity index (χ0n) is 8.21. The van der Waals surface area contributed by atoms with Crippen molar-refractivity contribution in [1.82, 2.24) is 4.98 Å². The van der Waals surface area contributed by atoms with Crippen LogP contribution in [0.1, 0.15) is 17.7 Å². The highest BCUT2D eigenvalue weighted by atomic mass is 79.9. The van der Waals surface area contributed by atoms with Gasteiger partial charge in [0.1, 0.15) is 5.69 Å². The van der Waals surface area contributed by atoms with Gasteiger partial charge in [0.05, 0.1) is 18.0 Å². The van der Waals surface area contributed by atoms with Crippen LogP contribution in [0.4, 0.5) is 8.78 Å². The van der Waals surface area contributed by atoms with Gasteiger partial charge in [-0.3, -0.25) is 9.78 Å². The van der Waals surface area contributed by atoms with Crippen LogP contribution in [0, 0.1) is 0 Å². The summed E-state index contributed by atoms with van der Waals surface area (Å²) < 4.78 is 29.1. The van der Waals surface area contributed by atoms with E-state index < -0.39 is 23.8 Å². The maximum absolute atomic E-state index is 12.3. The molecule has 0 saturated heterocycles. The summed E-state index contributed by atoms with van der Waals surface area (Å²) in [5.41, 5.74) is -0.436. The van der Waals surface area contributed by atoms with E-state index in [0.29, 0.717) is 0 Å². The number of rotatable bonds is 3. The first-order chi connectivity index (χ1) is 7.47. The van der Waals surface area contributed by atoms with Gasteiger partial charge in [-0.1, -0.05) is 0 Å². The molecule has 1 heterocycles. The number of hydrogen-bond donors (Lipinski definition) is 1. The average molecular weight is 296 g/mol. The van der Waals surface area contributed by atoms with Crippen molar-refractivity contribution in [3.63, 3.8) is 0 Å². The summed E-state index contributed by atoms with van der Waals surface area (Å²) in [7, 11) is 1.21. The molecule has 1 rings (SSSR count). The minimum absolute atomic E-state index is 0.0307. The Hall–Kier alpha value is -1.24. The highest BCUT2D eigenvalue weighted by molar-refractivity contribution is 9.10. The zero-order valence-corrected chi connectivity index (χ0v) is 9.79. The number of nitrogens with zero attached hydrogens (tertiary/aromatic N) is 1. The number of alkyl halides is 2. The molecule has 1 N–H and O–H groups in total. The van der Waals surface area contributed by atoms with Gasteiger partial charge in [0.25, 0.3) is 6.43 Å². The normalized spacial score (nSPS) is 10.6. The van der Waals surface area contributed by atoms with Crippen LogP contribution in [-0.2, 0) is 16.0 Å². The van der Waals surface area contributed by atoms with Crippen molar-refractivity contribution in [2.45, 2.75) is 12.8 Å². The Kier molecular flexibility index (Phi) is 4.17. The molecule has 0 aliphatic rings. The van der Waals surface area contributed by atoms with Crippen molar-refractivity contribution in [1.29, 1.82) is 0 Å². The first-order valence-electron chi connectivity index (χ1n) is 4.18. The molecule has 16 heavy (non-hydrogen) atoms. The number of ether oxygens (including phenoxy) is 1.